The van der Waals surface area contributed by atoms with Gasteiger partial charge in [-0.2, -0.15) is 0 Å². The molecule has 16 heavy (non-hydrogen) atoms. The Labute approximate surface area is 96.7 Å². The Morgan fingerprint density at radius 2 is 1.69 bits per heavy atom. The molecule has 0 fully saturated rings. The number of hydrogen-bond acceptors (Lipinski definition) is 1. The highest BCUT2D eigenvalue weighted by molar-refractivity contribution is 5.56. The van der Waals surface area contributed by atoms with E-state index in [2.05, 4.69) is 55.0 Å². The number of imidazole rings is 1. The van der Waals surface area contributed by atoms with E-state index in [9.17, 15) is 0 Å². The fourth-order valence-corrected chi connectivity index (χ4v) is 1.69. The van der Waals surface area contributed by atoms with E-state index in [1.165, 1.54) is 5.56 Å². The van der Waals surface area contributed by atoms with Crippen LogP contribution in [0.4, 0.5) is 0 Å². The van der Waals surface area contributed by atoms with Gasteiger partial charge in [0.05, 0.1) is 0 Å². The molecule has 0 saturated carbocycles. The molecular weight excluding hydrogens is 196 g/mol. The molecular formula is C14H18N2. The van der Waals surface area contributed by atoms with Gasteiger partial charge in [0.15, 0.2) is 0 Å². The summed E-state index contributed by atoms with van der Waals surface area (Å²) in [7, 11) is 0. The van der Waals surface area contributed by atoms with Crippen molar-refractivity contribution in [1.82, 2.24) is 9.97 Å². The zero-order chi connectivity index (χ0) is 11.8. The van der Waals surface area contributed by atoms with Crippen molar-refractivity contribution in [3.63, 3.8) is 0 Å². The third-order valence-corrected chi connectivity index (χ3v) is 2.73. The number of hydrogen-bond donors (Lipinski definition) is 1. The predicted octanol–water partition coefficient (Wildman–Crippen LogP) is 3.68. The number of aryl methyl sites for hydroxylation is 1. The summed E-state index contributed by atoms with van der Waals surface area (Å²) in [6.07, 6.45) is 1.85. The van der Waals surface area contributed by atoms with Gasteiger partial charge in [0.1, 0.15) is 5.82 Å². The molecule has 2 rings (SSSR count). The first-order chi connectivity index (χ1) is 7.47. The first-order valence-electron chi connectivity index (χ1n) is 5.59. The van der Waals surface area contributed by atoms with Crippen LogP contribution < -0.4 is 0 Å². The number of nitrogens with one attached hydrogen (secondary N) is 1. The molecule has 0 bridgehead atoms. The lowest BCUT2D eigenvalue weighted by molar-refractivity contribution is 0.590. The minimum absolute atomic E-state index is 0.206. The number of aromatic nitrogens is 2. The second-order valence-electron chi connectivity index (χ2n) is 5.24. The largest absolute Gasteiger partial charge is 0.342 e. The van der Waals surface area contributed by atoms with Crippen molar-refractivity contribution in [3.05, 3.63) is 41.7 Å². The molecule has 1 N–H and O–H groups in total. The Morgan fingerprint density at radius 3 is 2.12 bits per heavy atom. The van der Waals surface area contributed by atoms with Crippen molar-refractivity contribution in [3.8, 4) is 11.4 Å². The Morgan fingerprint density at radius 1 is 1.06 bits per heavy atom. The number of aromatic amines is 1. The van der Waals surface area contributed by atoms with Crippen LogP contribution in [0.1, 0.15) is 32.0 Å². The summed E-state index contributed by atoms with van der Waals surface area (Å²) in [5.41, 5.74) is 3.79. The number of rotatable bonds is 1. The molecule has 0 saturated heterocycles. The molecule has 0 aliphatic rings. The van der Waals surface area contributed by atoms with E-state index in [1.54, 1.807) is 0 Å². The normalized spacial score (nSPS) is 11.8. The van der Waals surface area contributed by atoms with E-state index >= 15 is 0 Å². The van der Waals surface area contributed by atoms with Gasteiger partial charge in [0.2, 0.25) is 0 Å². The molecule has 0 radical (unpaired) electrons. The van der Waals surface area contributed by atoms with Crippen molar-refractivity contribution in [2.45, 2.75) is 33.1 Å². The molecule has 0 atom stereocenters. The molecule has 0 unspecified atom stereocenters. The number of H-pyrrole nitrogens is 1. The molecule has 1 aromatic heterocycles. The maximum Gasteiger partial charge on any atom is 0.137 e. The maximum atomic E-state index is 4.32. The van der Waals surface area contributed by atoms with Gasteiger partial charge >= 0.3 is 0 Å². The Hall–Kier alpha value is -1.57. The average molecular weight is 214 g/mol. The topological polar surface area (TPSA) is 28.7 Å². The third-order valence-electron chi connectivity index (χ3n) is 2.73. The molecule has 0 amide bonds. The highest BCUT2D eigenvalue weighted by Crippen LogP contribution is 2.24. The van der Waals surface area contributed by atoms with Crippen LogP contribution in [0.3, 0.4) is 0 Å². The van der Waals surface area contributed by atoms with Gasteiger partial charge in [-0.1, -0.05) is 45.0 Å². The van der Waals surface area contributed by atoms with E-state index in [4.69, 9.17) is 0 Å². The standard InChI is InChI=1S/C14H18N2/c1-10-9-15-13(16-10)11-5-7-12(8-6-11)14(2,3)4/h5-9H,1-4H3,(H,15,16). The van der Waals surface area contributed by atoms with Crippen LogP contribution >= 0.6 is 0 Å². The minimum atomic E-state index is 0.206. The monoisotopic (exact) mass is 214 g/mol. The van der Waals surface area contributed by atoms with Crippen LogP contribution in [0, 0.1) is 6.92 Å². The van der Waals surface area contributed by atoms with Crippen molar-refractivity contribution in [1.29, 1.82) is 0 Å². The SMILES string of the molecule is Cc1cnc(-c2ccc(C(C)(C)C)cc2)[nH]1. The van der Waals surface area contributed by atoms with Crippen LogP contribution in [0.2, 0.25) is 0 Å². The van der Waals surface area contributed by atoms with Gasteiger partial charge in [-0.3, -0.25) is 0 Å². The summed E-state index contributed by atoms with van der Waals surface area (Å²) < 4.78 is 0. The summed E-state index contributed by atoms with van der Waals surface area (Å²) in [5.74, 6) is 0.943. The predicted molar refractivity (Wildman–Crippen MR) is 67.5 cm³/mol. The van der Waals surface area contributed by atoms with Crippen LogP contribution in [0.5, 0.6) is 0 Å². The van der Waals surface area contributed by atoms with Crippen LogP contribution in [0.25, 0.3) is 11.4 Å². The Balaban J connectivity index is 2.33. The first kappa shape index (κ1) is 10.9. The molecule has 84 valence electrons. The zero-order valence-electron chi connectivity index (χ0n) is 10.3. The van der Waals surface area contributed by atoms with Gasteiger partial charge in [-0.25, -0.2) is 4.98 Å². The molecule has 0 aliphatic heterocycles. The van der Waals surface area contributed by atoms with Gasteiger partial charge in [-0.05, 0) is 17.9 Å². The fraction of sp³-hybridized carbons (Fsp3) is 0.357. The van der Waals surface area contributed by atoms with Crippen molar-refractivity contribution in [2.24, 2.45) is 0 Å². The van der Waals surface area contributed by atoms with Gasteiger partial charge < -0.3 is 4.98 Å². The molecule has 2 aromatic rings. The second kappa shape index (κ2) is 3.78. The van der Waals surface area contributed by atoms with Crippen LogP contribution in [-0.4, -0.2) is 9.97 Å². The highest BCUT2D eigenvalue weighted by Gasteiger charge is 2.13. The molecule has 1 heterocycles. The second-order valence-corrected chi connectivity index (χ2v) is 5.24. The lowest BCUT2D eigenvalue weighted by atomic mass is 9.87. The number of benzene rings is 1. The molecule has 0 spiro atoms. The zero-order valence-corrected chi connectivity index (χ0v) is 10.3. The molecule has 2 heteroatoms. The maximum absolute atomic E-state index is 4.32. The lowest BCUT2D eigenvalue weighted by Gasteiger charge is -2.18. The van der Waals surface area contributed by atoms with Crippen molar-refractivity contribution >= 4 is 0 Å². The van der Waals surface area contributed by atoms with Crippen molar-refractivity contribution < 1.29 is 0 Å². The molecule has 1 aromatic carbocycles. The van der Waals surface area contributed by atoms with Crippen LogP contribution in [-0.2, 0) is 5.41 Å². The van der Waals surface area contributed by atoms with Gasteiger partial charge in [-0.15, -0.1) is 0 Å². The van der Waals surface area contributed by atoms with Gasteiger partial charge in [0, 0.05) is 17.5 Å². The number of nitrogens with zero attached hydrogens (tertiary/aromatic N) is 1. The highest BCUT2D eigenvalue weighted by atomic mass is 14.9. The molecule has 0 aliphatic carbocycles. The summed E-state index contributed by atoms with van der Waals surface area (Å²) in [5, 5.41) is 0. The Bertz CT molecular complexity index is 472. The minimum Gasteiger partial charge on any atom is -0.342 e. The summed E-state index contributed by atoms with van der Waals surface area (Å²) in [4.78, 5) is 7.56. The molecule has 2 nitrogen and oxygen atoms in total. The van der Waals surface area contributed by atoms with Crippen LogP contribution in [0.15, 0.2) is 30.5 Å². The van der Waals surface area contributed by atoms with Gasteiger partial charge in [0.25, 0.3) is 0 Å². The van der Waals surface area contributed by atoms with E-state index in [0.29, 0.717) is 0 Å². The summed E-state index contributed by atoms with van der Waals surface area (Å²) in [6.45, 7) is 8.68. The first-order valence-corrected chi connectivity index (χ1v) is 5.59. The van der Waals surface area contributed by atoms with E-state index in [1.807, 2.05) is 13.1 Å². The summed E-state index contributed by atoms with van der Waals surface area (Å²) in [6, 6.07) is 8.60. The van der Waals surface area contributed by atoms with E-state index in [0.717, 1.165) is 17.1 Å². The smallest absolute Gasteiger partial charge is 0.137 e. The quantitative estimate of drug-likeness (QED) is 0.770. The van der Waals surface area contributed by atoms with E-state index < -0.39 is 0 Å². The third kappa shape index (κ3) is 2.16. The van der Waals surface area contributed by atoms with Crippen molar-refractivity contribution in [2.75, 3.05) is 0 Å². The average Bonchev–Trinajstić information content (AvgIpc) is 2.64. The fourth-order valence-electron chi connectivity index (χ4n) is 1.69. The van der Waals surface area contributed by atoms with E-state index in [-0.39, 0.29) is 5.41 Å². The Kier molecular flexibility index (Phi) is 2.58. The summed E-state index contributed by atoms with van der Waals surface area (Å²) >= 11 is 0. The lowest BCUT2D eigenvalue weighted by Crippen LogP contribution is -2.10.